The third-order valence-electron chi connectivity index (χ3n) is 8.11. The Morgan fingerprint density at radius 3 is 2.59 bits per heavy atom. The molecule has 5 rings (SSSR count). The van der Waals surface area contributed by atoms with Crippen LogP contribution in [0.2, 0.25) is 0 Å². The van der Waals surface area contributed by atoms with E-state index < -0.39 is 11.9 Å². The highest BCUT2D eigenvalue weighted by atomic mass is 32.1. The molecule has 3 aliphatic rings. The lowest BCUT2D eigenvalue weighted by molar-refractivity contribution is -0.118. The highest BCUT2D eigenvalue weighted by Gasteiger charge is 2.44. The first-order valence-corrected chi connectivity index (χ1v) is 15.0. The van der Waals surface area contributed by atoms with Crippen molar-refractivity contribution in [1.82, 2.24) is 5.32 Å². The van der Waals surface area contributed by atoms with Crippen molar-refractivity contribution in [2.24, 2.45) is 5.41 Å². The van der Waals surface area contributed by atoms with Gasteiger partial charge in [-0.1, -0.05) is 26.0 Å². The summed E-state index contributed by atoms with van der Waals surface area (Å²) in [5, 5.41) is 6.98. The first kappa shape index (κ1) is 28.9. The van der Waals surface area contributed by atoms with E-state index in [-0.39, 0.29) is 23.7 Å². The number of anilines is 1. The smallest absolute Gasteiger partial charge is 0.341 e. The van der Waals surface area contributed by atoms with Crippen molar-refractivity contribution < 1.29 is 28.6 Å². The third-order valence-corrected chi connectivity index (χ3v) is 9.31. The van der Waals surface area contributed by atoms with Crippen LogP contribution in [-0.4, -0.2) is 38.5 Å². The van der Waals surface area contributed by atoms with Gasteiger partial charge in [-0.2, -0.15) is 0 Å². The van der Waals surface area contributed by atoms with E-state index in [9.17, 15) is 14.4 Å². The zero-order valence-electron chi connectivity index (χ0n) is 24.6. The summed E-state index contributed by atoms with van der Waals surface area (Å²) < 4.78 is 16.8. The van der Waals surface area contributed by atoms with Gasteiger partial charge in [0.05, 0.1) is 32.3 Å². The second-order valence-electron chi connectivity index (χ2n) is 11.6. The lowest BCUT2D eigenvalue weighted by Gasteiger charge is -2.40. The molecule has 0 saturated carbocycles. The highest BCUT2D eigenvalue weighted by molar-refractivity contribution is 7.17. The molecule has 2 aromatic rings. The number of allylic oxidation sites excluding steroid dienone is 3. The topological polar surface area (TPSA) is 103 Å². The van der Waals surface area contributed by atoms with Gasteiger partial charge in [-0.25, -0.2) is 4.79 Å². The fraction of sp³-hybridized carbons (Fsp3) is 0.469. The second-order valence-corrected chi connectivity index (χ2v) is 12.7. The van der Waals surface area contributed by atoms with Crippen molar-refractivity contribution in [3.8, 4) is 11.5 Å². The molecular weight excluding hydrogens is 540 g/mol. The number of hydrogen-bond acceptors (Lipinski definition) is 8. The molecule has 0 bridgehead atoms. The van der Waals surface area contributed by atoms with E-state index in [1.807, 2.05) is 19.1 Å². The number of ketones is 1. The first-order valence-electron chi connectivity index (χ1n) is 14.2. The normalized spacial score (nSPS) is 19.7. The number of para-hydroxylation sites is 1. The molecule has 8 nitrogen and oxygen atoms in total. The number of fused-ring (bicyclic) bond motifs is 1. The maximum absolute atomic E-state index is 14.3. The average molecular weight is 579 g/mol. The Morgan fingerprint density at radius 1 is 1.12 bits per heavy atom. The number of dihydropyridines is 1. The maximum atomic E-state index is 14.3. The summed E-state index contributed by atoms with van der Waals surface area (Å²) in [6.45, 7) is 8.04. The number of carbonyl (C=O) groups is 3. The standard InChI is InChI=1S/C32H38N2O6S/c1-7-40-31(37)26-18-11-8-9-14-23(18)41-30(26)34-29(36)24-17(2)33-20-15-32(3,4)16-21(35)27(20)25(24)19-12-10-13-22(38-5)28(19)39-6/h10,12-13,25,33H,7-9,11,14-16H2,1-6H3,(H,34,36)/t25-/m1/s1. The van der Waals surface area contributed by atoms with Crippen LogP contribution in [0.4, 0.5) is 5.00 Å². The summed E-state index contributed by atoms with van der Waals surface area (Å²) in [6, 6.07) is 5.51. The van der Waals surface area contributed by atoms with Gasteiger partial charge in [0.2, 0.25) is 0 Å². The fourth-order valence-corrected chi connectivity index (χ4v) is 7.70. The molecule has 0 unspecified atom stereocenters. The first-order chi connectivity index (χ1) is 19.6. The van der Waals surface area contributed by atoms with Crippen LogP contribution in [-0.2, 0) is 27.2 Å². The molecule has 0 fully saturated rings. The lowest BCUT2D eigenvalue weighted by Crippen LogP contribution is -2.39. The van der Waals surface area contributed by atoms with Crippen LogP contribution >= 0.6 is 11.3 Å². The van der Waals surface area contributed by atoms with Gasteiger partial charge in [-0.15, -0.1) is 11.3 Å². The van der Waals surface area contributed by atoms with E-state index in [1.54, 1.807) is 27.2 Å². The van der Waals surface area contributed by atoms with Crippen LogP contribution in [0.1, 0.15) is 85.7 Å². The molecule has 1 aliphatic heterocycles. The molecule has 1 amide bonds. The summed E-state index contributed by atoms with van der Waals surface area (Å²) in [5.41, 5.74) is 4.35. The second kappa shape index (κ2) is 11.4. The molecule has 1 aromatic heterocycles. The fourth-order valence-electron chi connectivity index (χ4n) is 6.43. The SMILES string of the molecule is CCOC(=O)c1c(NC(=O)C2=C(C)NC3=C(C(=O)CC(C)(C)C3)[C@@H]2c2cccc(OC)c2OC)sc2c1CCCC2. The summed E-state index contributed by atoms with van der Waals surface area (Å²) in [4.78, 5) is 42.3. The summed E-state index contributed by atoms with van der Waals surface area (Å²) >= 11 is 1.44. The predicted molar refractivity (Wildman–Crippen MR) is 159 cm³/mol. The largest absolute Gasteiger partial charge is 0.493 e. The maximum Gasteiger partial charge on any atom is 0.341 e. The van der Waals surface area contributed by atoms with E-state index in [0.29, 0.717) is 57.3 Å². The average Bonchev–Trinajstić information content (AvgIpc) is 3.28. The number of methoxy groups -OCH3 is 2. The van der Waals surface area contributed by atoms with Crippen LogP contribution in [0.15, 0.2) is 40.7 Å². The lowest BCUT2D eigenvalue weighted by atomic mass is 9.68. The number of amides is 1. The van der Waals surface area contributed by atoms with Crippen molar-refractivity contribution >= 4 is 34.0 Å². The molecule has 2 N–H and O–H groups in total. The molecule has 218 valence electrons. The molecule has 0 saturated heterocycles. The zero-order valence-corrected chi connectivity index (χ0v) is 25.4. The monoisotopic (exact) mass is 578 g/mol. The van der Waals surface area contributed by atoms with Gasteiger partial charge in [-0.3, -0.25) is 9.59 Å². The van der Waals surface area contributed by atoms with Crippen LogP contribution in [0.25, 0.3) is 0 Å². The Morgan fingerprint density at radius 2 is 1.88 bits per heavy atom. The Balaban J connectivity index is 1.64. The number of thiophene rings is 1. The van der Waals surface area contributed by atoms with E-state index in [4.69, 9.17) is 14.2 Å². The number of Topliss-reactive ketones (excluding diaryl/α,β-unsaturated/α-hetero) is 1. The van der Waals surface area contributed by atoms with Gasteiger partial charge >= 0.3 is 5.97 Å². The Labute approximate surface area is 245 Å². The summed E-state index contributed by atoms with van der Waals surface area (Å²) in [5.74, 6) is -0.491. The van der Waals surface area contributed by atoms with E-state index in [1.165, 1.54) is 11.3 Å². The van der Waals surface area contributed by atoms with E-state index >= 15 is 0 Å². The van der Waals surface area contributed by atoms with Crippen molar-refractivity contribution in [3.05, 3.63) is 62.3 Å². The van der Waals surface area contributed by atoms with Gasteiger partial charge in [0.1, 0.15) is 5.00 Å². The number of esters is 1. The van der Waals surface area contributed by atoms with Crippen LogP contribution in [0.3, 0.4) is 0 Å². The molecule has 2 heterocycles. The summed E-state index contributed by atoms with van der Waals surface area (Å²) in [6.07, 6.45) is 4.73. The minimum atomic E-state index is -0.680. The zero-order chi connectivity index (χ0) is 29.5. The number of aryl methyl sites for hydroxylation is 1. The predicted octanol–water partition coefficient (Wildman–Crippen LogP) is 6.06. The van der Waals surface area contributed by atoms with Gasteiger partial charge in [0.25, 0.3) is 5.91 Å². The summed E-state index contributed by atoms with van der Waals surface area (Å²) in [7, 11) is 3.12. The quantitative estimate of drug-likeness (QED) is 0.385. The number of ether oxygens (including phenoxy) is 3. The molecule has 2 aliphatic carbocycles. The third kappa shape index (κ3) is 5.27. The van der Waals surface area contributed by atoms with Gasteiger partial charge in [0.15, 0.2) is 17.3 Å². The van der Waals surface area contributed by atoms with Gasteiger partial charge in [-0.05, 0) is 63.0 Å². The minimum Gasteiger partial charge on any atom is -0.493 e. The number of benzene rings is 1. The molecule has 0 radical (unpaired) electrons. The minimum absolute atomic E-state index is 0.00442. The number of hydrogen-bond donors (Lipinski definition) is 2. The van der Waals surface area contributed by atoms with E-state index in [0.717, 1.165) is 41.8 Å². The molecule has 9 heteroatoms. The van der Waals surface area contributed by atoms with Crippen LogP contribution in [0, 0.1) is 5.41 Å². The molecule has 0 spiro atoms. The number of carbonyl (C=O) groups excluding carboxylic acids is 3. The van der Waals surface area contributed by atoms with Crippen LogP contribution < -0.4 is 20.1 Å². The van der Waals surface area contributed by atoms with Crippen molar-refractivity contribution in [3.63, 3.8) is 0 Å². The molecule has 1 aromatic carbocycles. The molecular formula is C32H38N2O6S. The van der Waals surface area contributed by atoms with E-state index in [2.05, 4.69) is 24.5 Å². The van der Waals surface area contributed by atoms with Crippen molar-refractivity contribution in [2.45, 2.75) is 72.1 Å². The Kier molecular flexibility index (Phi) is 8.01. The Bertz CT molecular complexity index is 1480. The van der Waals surface area contributed by atoms with Crippen molar-refractivity contribution in [2.75, 3.05) is 26.1 Å². The number of rotatable bonds is 7. The van der Waals surface area contributed by atoms with Gasteiger partial charge < -0.3 is 24.8 Å². The molecule has 1 atom stereocenters. The van der Waals surface area contributed by atoms with Gasteiger partial charge in [0, 0.05) is 39.4 Å². The Hall–Kier alpha value is -3.59. The van der Waals surface area contributed by atoms with Crippen LogP contribution in [0.5, 0.6) is 11.5 Å². The number of nitrogens with one attached hydrogen (secondary N) is 2. The molecule has 41 heavy (non-hydrogen) atoms. The van der Waals surface area contributed by atoms with Crippen molar-refractivity contribution in [1.29, 1.82) is 0 Å². The highest BCUT2D eigenvalue weighted by Crippen LogP contribution is 2.50.